The summed E-state index contributed by atoms with van der Waals surface area (Å²) in [5, 5.41) is 9.17. The molecule has 1 heterocycles. The summed E-state index contributed by atoms with van der Waals surface area (Å²) in [6.07, 6.45) is 0.0482. The lowest BCUT2D eigenvalue weighted by Crippen LogP contribution is -2.48. The van der Waals surface area contributed by atoms with Crippen LogP contribution in [0.5, 0.6) is 0 Å². The van der Waals surface area contributed by atoms with Crippen LogP contribution < -0.4 is 0 Å². The topological polar surface area (TPSA) is 49.8 Å². The first-order valence-corrected chi connectivity index (χ1v) is 6.56. The van der Waals surface area contributed by atoms with Crippen LogP contribution in [-0.2, 0) is 9.53 Å². The maximum Gasteiger partial charge on any atom is 0.320 e. The van der Waals surface area contributed by atoms with Crippen molar-refractivity contribution in [2.75, 3.05) is 19.7 Å². The average molecular weight is 285 g/mol. The zero-order chi connectivity index (χ0) is 14.7. The molecule has 2 atom stereocenters. The number of rotatable bonds is 4. The Kier molecular flexibility index (Phi) is 4.67. The van der Waals surface area contributed by atoms with Gasteiger partial charge in [0.05, 0.1) is 12.7 Å². The Hall–Kier alpha value is -1.53. The number of ether oxygens (including phenoxy) is 1. The van der Waals surface area contributed by atoms with Gasteiger partial charge in [-0.05, 0) is 24.1 Å². The van der Waals surface area contributed by atoms with Crippen molar-refractivity contribution in [1.82, 2.24) is 4.90 Å². The SMILES string of the molecule is CC[C@@H](C(=O)O)N1CCO[C@H](c2ccc(F)c(F)c2)C1. The van der Waals surface area contributed by atoms with Crippen LogP contribution in [0.1, 0.15) is 25.0 Å². The summed E-state index contributed by atoms with van der Waals surface area (Å²) in [5.41, 5.74) is 0.522. The third kappa shape index (κ3) is 3.13. The summed E-state index contributed by atoms with van der Waals surface area (Å²) >= 11 is 0. The van der Waals surface area contributed by atoms with Crippen LogP contribution in [0, 0.1) is 11.6 Å². The quantitative estimate of drug-likeness (QED) is 0.921. The monoisotopic (exact) mass is 285 g/mol. The number of nitrogens with zero attached hydrogens (tertiary/aromatic N) is 1. The maximum absolute atomic E-state index is 13.2. The summed E-state index contributed by atoms with van der Waals surface area (Å²) in [6, 6.07) is 3.05. The molecule has 0 saturated carbocycles. The molecule has 0 amide bonds. The summed E-state index contributed by atoms with van der Waals surface area (Å²) in [5.74, 6) is -2.70. The van der Waals surface area contributed by atoms with Gasteiger partial charge in [0.25, 0.3) is 0 Å². The first-order chi connectivity index (χ1) is 9.52. The molecule has 0 aliphatic carbocycles. The Morgan fingerprint density at radius 2 is 2.25 bits per heavy atom. The van der Waals surface area contributed by atoms with E-state index in [4.69, 9.17) is 4.74 Å². The molecule has 0 spiro atoms. The summed E-state index contributed by atoms with van der Waals surface area (Å²) in [4.78, 5) is 13.0. The van der Waals surface area contributed by atoms with Gasteiger partial charge >= 0.3 is 5.97 Å². The molecule has 2 rings (SSSR count). The largest absolute Gasteiger partial charge is 0.480 e. The molecule has 1 aliphatic rings. The molecule has 0 unspecified atom stereocenters. The van der Waals surface area contributed by atoms with Crippen molar-refractivity contribution >= 4 is 5.97 Å². The molecule has 0 bridgehead atoms. The molecule has 0 radical (unpaired) electrons. The van der Waals surface area contributed by atoms with E-state index in [1.54, 1.807) is 11.8 Å². The van der Waals surface area contributed by atoms with Gasteiger partial charge in [-0.1, -0.05) is 13.0 Å². The predicted octanol–water partition coefficient (Wildman–Crippen LogP) is 2.20. The molecule has 110 valence electrons. The predicted molar refractivity (Wildman–Crippen MR) is 68.3 cm³/mol. The lowest BCUT2D eigenvalue weighted by molar-refractivity contribution is -0.147. The second-order valence-corrected chi connectivity index (χ2v) is 4.79. The summed E-state index contributed by atoms with van der Waals surface area (Å²) in [6.45, 7) is 3.05. The fourth-order valence-corrected chi connectivity index (χ4v) is 2.46. The van der Waals surface area contributed by atoms with Gasteiger partial charge in [-0.25, -0.2) is 8.78 Å². The number of aliphatic carboxylic acids is 1. The Morgan fingerprint density at radius 3 is 2.85 bits per heavy atom. The molecule has 1 N–H and O–H groups in total. The van der Waals surface area contributed by atoms with Crippen LogP contribution in [0.4, 0.5) is 8.78 Å². The fraction of sp³-hybridized carbons (Fsp3) is 0.500. The Labute approximate surface area is 116 Å². The molecule has 1 fully saturated rings. The molecule has 1 aliphatic heterocycles. The smallest absolute Gasteiger partial charge is 0.320 e. The number of hydrogen-bond acceptors (Lipinski definition) is 3. The van der Waals surface area contributed by atoms with E-state index in [-0.39, 0.29) is 0 Å². The van der Waals surface area contributed by atoms with Gasteiger partial charge in [-0.2, -0.15) is 0 Å². The number of hydrogen-bond donors (Lipinski definition) is 1. The molecule has 20 heavy (non-hydrogen) atoms. The van der Waals surface area contributed by atoms with Crippen molar-refractivity contribution in [1.29, 1.82) is 0 Å². The van der Waals surface area contributed by atoms with E-state index in [0.717, 1.165) is 12.1 Å². The van der Waals surface area contributed by atoms with E-state index < -0.39 is 29.7 Å². The van der Waals surface area contributed by atoms with Crippen molar-refractivity contribution in [3.05, 3.63) is 35.4 Å². The minimum absolute atomic E-state index is 0.357. The van der Waals surface area contributed by atoms with Crippen molar-refractivity contribution in [3.63, 3.8) is 0 Å². The lowest BCUT2D eigenvalue weighted by Gasteiger charge is -2.36. The zero-order valence-corrected chi connectivity index (χ0v) is 11.2. The standard InChI is InChI=1S/C14H17F2NO3/c1-2-12(14(18)19)17-5-6-20-13(8-17)9-3-4-10(15)11(16)7-9/h3-4,7,12-13H,2,5-6,8H2,1H3,(H,18,19)/t12-,13-/m0/s1. The van der Waals surface area contributed by atoms with Crippen LogP contribution in [-0.4, -0.2) is 41.7 Å². The second kappa shape index (κ2) is 6.28. The highest BCUT2D eigenvalue weighted by molar-refractivity contribution is 5.73. The van der Waals surface area contributed by atoms with Gasteiger partial charge in [0, 0.05) is 13.1 Å². The highest BCUT2D eigenvalue weighted by Gasteiger charge is 2.30. The van der Waals surface area contributed by atoms with Crippen molar-refractivity contribution in [2.45, 2.75) is 25.5 Å². The van der Waals surface area contributed by atoms with Gasteiger partial charge in [-0.15, -0.1) is 0 Å². The molecule has 1 aromatic rings. The van der Waals surface area contributed by atoms with Gasteiger partial charge in [0.1, 0.15) is 6.04 Å². The minimum atomic E-state index is -0.923. The van der Waals surface area contributed by atoms with Crippen molar-refractivity contribution in [2.24, 2.45) is 0 Å². The second-order valence-electron chi connectivity index (χ2n) is 4.79. The van der Waals surface area contributed by atoms with E-state index in [1.165, 1.54) is 6.07 Å². The third-order valence-corrected chi connectivity index (χ3v) is 3.53. The first-order valence-electron chi connectivity index (χ1n) is 6.56. The van der Waals surface area contributed by atoms with Crippen molar-refractivity contribution in [3.8, 4) is 0 Å². The Morgan fingerprint density at radius 1 is 1.50 bits per heavy atom. The number of benzene rings is 1. The zero-order valence-electron chi connectivity index (χ0n) is 11.2. The van der Waals surface area contributed by atoms with Gasteiger partial charge in [0.15, 0.2) is 11.6 Å². The van der Waals surface area contributed by atoms with Crippen LogP contribution >= 0.6 is 0 Å². The van der Waals surface area contributed by atoms with Gasteiger partial charge in [-0.3, -0.25) is 9.69 Å². The molecule has 1 saturated heterocycles. The first kappa shape index (κ1) is 14.9. The Bertz CT molecular complexity index is 495. The molecule has 6 heteroatoms. The van der Waals surface area contributed by atoms with E-state index in [9.17, 15) is 18.7 Å². The number of morpholine rings is 1. The van der Waals surface area contributed by atoms with E-state index in [1.807, 2.05) is 0 Å². The van der Waals surface area contributed by atoms with E-state index >= 15 is 0 Å². The van der Waals surface area contributed by atoms with Crippen LogP contribution in [0.25, 0.3) is 0 Å². The summed E-state index contributed by atoms with van der Waals surface area (Å²) in [7, 11) is 0. The highest BCUT2D eigenvalue weighted by Crippen LogP contribution is 2.25. The van der Waals surface area contributed by atoms with Crippen LogP contribution in [0.3, 0.4) is 0 Å². The normalized spacial score (nSPS) is 21.6. The number of carboxylic acids is 1. The highest BCUT2D eigenvalue weighted by atomic mass is 19.2. The van der Waals surface area contributed by atoms with Crippen LogP contribution in [0.2, 0.25) is 0 Å². The molecular weight excluding hydrogens is 268 g/mol. The third-order valence-electron chi connectivity index (χ3n) is 3.53. The van der Waals surface area contributed by atoms with Crippen LogP contribution in [0.15, 0.2) is 18.2 Å². The molecular formula is C14H17F2NO3. The lowest BCUT2D eigenvalue weighted by atomic mass is 10.1. The maximum atomic E-state index is 13.2. The molecule has 4 nitrogen and oxygen atoms in total. The number of halogens is 2. The van der Waals surface area contributed by atoms with E-state index in [2.05, 4.69) is 0 Å². The fourth-order valence-electron chi connectivity index (χ4n) is 2.46. The number of carbonyl (C=O) groups is 1. The average Bonchev–Trinajstić information content (AvgIpc) is 2.42. The Balaban J connectivity index is 2.13. The van der Waals surface area contributed by atoms with Gasteiger partial charge in [0.2, 0.25) is 0 Å². The minimum Gasteiger partial charge on any atom is -0.480 e. The van der Waals surface area contributed by atoms with Crippen molar-refractivity contribution < 1.29 is 23.4 Å². The molecule has 0 aromatic heterocycles. The van der Waals surface area contributed by atoms with Gasteiger partial charge < -0.3 is 9.84 Å². The van der Waals surface area contributed by atoms with E-state index in [0.29, 0.717) is 31.7 Å². The summed E-state index contributed by atoms with van der Waals surface area (Å²) < 4.78 is 31.7. The molecule has 1 aromatic carbocycles. The number of carboxylic acid groups (broad SMARTS) is 1.